The summed E-state index contributed by atoms with van der Waals surface area (Å²) in [7, 11) is 0. The number of ether oxygens (including phenoxy) is 3. The van der Waals surface area contributed by atoms with Gasteiger partial charge in [-0.3, -0.25) is 0 Å². The molecule has 0 atom stereocenters. The van der Waals surface area contributed by atoms with E-state index in [9.17, 15) is 5.11 Å². The highest BCUT2D eigenvalue weighted by Gasteiger charge is 2.17. The Morgan fingerprint density at radius 3 is 2.35 bits per heavy atom. The maximum absolute atomic E-state index is 9.91. The largest absolute Gasteiger partial charge is 0.508 e. The Morgan fingerprint density at radius 2 is 1.61 bits per heavy atom. The minimum absolute atomic E-state index is 0.243. The van der Waals surface area contributed by atoms with Crippen molar-refractivity contribution < 1.29 is 19.3 Å². The fourth-order valence-corrected chi connectivity index (χ4v) is 4.57. The Kier molecular flexibility index (Phi) is 7.12. The minimum Gasteiger partial charge on any atom is -0.508 e. The Morgan fingerprint density at radius 1 is 0.871 bits per heavy atom. The molecule has 4 rings (SSSR count). The van der Waals surface area contributed by atoms with E-state index in [4.69, 9.17) is 14.2 Å². The van der Waals surface area contributed by atoms with E-state index in [-0.39, 0.29) is 5.75 Å². The number of benzene rings is 3. The van der Waals surface area contributed by atoms with Crippen molar-refractivity contribution in [1.82, 2.24) is 0 Å². The van der Waals surface area contributed by atoms with Crippen LogP contribution in [0.4, 0.5) is 0 Å². The molecule has 1 N–H and O–H groups in total. The number of fused-ring (bicyclic) bond motifs is 1. The first kappa shape index (κ1) is 21.7. The molecule has 0 unspecified atom stereocenters. The van der Waals surface area contributed by atoms with E-state index in [1.807, 2.05) is 42.5 Å². The summed E-state index contributed by atoms with van der Waals surface area (Å²) in [5.74, 6) is 2.53. The minimum atomic E-state index is 0.243. The molecule has 1 aromatic heterocycles. The van der Waals surface area contributed by atoms with E-state index >= 15 is 0 Å². The quantitative estimate of drug-likeness (QED) is 0.241. The van der Waals surface area contributed by atoms with Crippen molar-refractivity contribution in [1.29, 1.82) is 0 Å². The Balaban J connectivity index is 1.57. The van der Waals surface area contributed by atoms with Crippen LogP contribution in [0.15, 0.2) is 71.2 Å². The summed E-state index contributed by atoms with van der Waals surface area (Å²) in [6, 6.07) is 21.1. The zero-order valence-corrected chi connectivity index (χ0v) is 19.5. The van der Waals surface area contributed by atoms with Gasteiger partial charge in [-0.15, -0.1) is 11.3 Å². The van der Waals surface area contributed by atoms with Gasteiger partial charge in [0.15, 0.2) is 5.75 Å². The van der Waals surface area contributed by atoms with Gasteiger partial charge >= 0.3 is 0 Å². The highest BCUT2D eigenvalue weighted by Crippen LogP contribution is 2.47. The topological polar surface area (TPSA) is 47.9 Å². The van der Waals surface area contributed by atoms with Gasteiger partial charge in [-0.25, -0.2) is 0 Å². The Labute approximate surface area is 194 Å². The van der Waals surface area contributed by atoms with Crippen LogP contribution in [0.5, 0.6) is 23.0 Å². The van der Waals surface area contributed by atoms with Gasteiger partial charge in [-0.05, 0) is 66.6 Å². The van der Waals surface area contributed by atoms with Crippen LogP contribution in [0.2, 0.25) is 0 Å². The Bertz CT molecular complexity index is 1140. The van der Waals surface area contributed by atoms with Crippen LogP contribution in [0, 0.1) is 0 Å². The van der Waals surface area contributed by atoms with Crippen molar-refractivity contribution in [2.45, 2.75) is 13.3 Å². The SMILES string of the molecule is CCCOCCOc1ccc(Oc2c(-c3ccc(Br)cc3)sc3cc(O)ccc23)cc1. The summed E-state index contributed by atoms with van der Waals surface area (Å²) in [6.07, 6.45) is 1.01. The maximum Gasteiger partial charge on any atom is 0.153 e. The number of thiophene rings is 1. The number of rotatable bonds is 9. The average molecular weight is 499 g/mol. The molecule has 4 nitrogen and oxygen atoms in total. The van der Waals surface area contributed by atoms with Gasteiger partial charge in [0.05, 0.1) is 11.5 Å². The normalized spacial score (nSPS) is 11.0. The van der Waals surface area contributed by atoms with Gasteiger partial charge in [0.2, 0.25) is 0 Å². The van der Waals surface area contributed by atoms with Crippen LogP contribution in [0.25, 0.3) is 20.5 Å². The lowest BCUT2D eigenvalue weighted by atomic mass is 10.1. The number of hydrogen-bond donors (Lipinski definition) is 1. The molecular formula is C25H23BrO4S. The molecule has 6 heteroatoms. The van der Waals surface area contributed by atoms with Crippen LogP contribution >= 0.6 is 27.3 Å². The number of hydrogen-bond acceptors (Lipinski definition) is 5. The molecule has 0 saturated heterocycles. The number of phenols is 1. The first-order valence-corrected chi connectivity index (χ1v) is 11.7. The first-order chi connectivity index (χ1) is 15.1. The molecule has 0 aliphatic heterocycles. The monoisotopic (exact) mass is 498 g/mol. The molecule has 0 aliphatic rings. The zero-order valence-electron chi connectivity index (χ0n) is 17.1. The van der Waals surface area contributed by atoms with Gasteiger partial charge in [0.1, 0.15) is 23.9 Å². The lowest BCUT2D eigenvalue weighted by Crippen LogP contribution is -2.06. The molecular weight excluding hydrogens is 476 g/mol. The van der Waals surface area contributed by atoms with Crippen molar-refractivity contribution in [2.24, 2.45) is 0 Å². The molecule has 0 aliphatic carbocycles. The summed E-state index contributed by atoms with van der Waals surface area (Å²) in [5, 5.41) is 10.9. The van der Waals surface area contributed by atoms with Crippen LogP contribution < -0.4 is 9.47 Å². The summed E-state index contributed by atoms with van der Waals surface area (Å²) in [6.45, 7) is 3.94. The third-order valence-electron chi connectivity index (χ3n) is 4.62. The van der Waals surface area contributed by atoms with Crippen molar-refractivity contribution in [3.8, 4) is 33.4 Å². The predicted molar refractivity (Wildman–Crippen MR) is 130 cm³/mol. The smallest absolute Gasteiger partial charge is 0.153 e. The second kappa shape index (κ2) is 10.2. The van der Waals surface area contributed by atoms with Gasteiger partial charge in [-0.2, -0.15) is 0 Å². The van der Waals surface area contributed by atoms with Gasteiger partial charge in [-0.1, -0.05) is 35.0 Å². The van der Waals surface area contributed by atoms with Crippen molar-refractivity contribution in [3.05, 3.63) is 71.2 Å². The lowest BCUT2D eigenvalue weighted by molar-refractivity contribution is 0.101. The van der Waals surface area contributed by atoms with Crippen molar-refractivity contribution in [3.63, 3.8) is 0 Å². The molecule has 160 valence electrons. The van der Waals surface area contributed by atoms with E-state index in [1.165, 1.54) is 0 Å². The van der Waals surface area contributed by atoms with E-state index in [1.54, 1.807) is 23.5 Å². The highest BCUT2D eigenvalue weighted by atomic mass is 79.9. The zero-order chi connectivity index (χ0) is 21.6. The second-order valence-electron chi connectivity index (χ2n) is 6.98. The van der Waals surface area contributed by atoms with E-state index < -0.39 is 0 Å². The summed E-state index contributed by atoms with van der Waals surface area (Å²) < 4.78 is 19.5. The second-order valence-corrected chi connectivity index (χ2v) is 8.95. The summed E-state index contributed by atoms with van der Waals surface area (Å²) in [5.41, 5.74) is 1.06. The number of aromatic hydroxyl groups is 1. The number of phenolic OH excluding ortho intramolecular Hbond substituents is 1. The molecule has 0 radical (unpaired) electrons. The maximum atomic E-state index is 9.91. The molecule has 0 amide bonds. The Hall–Kier alpha value is -2.54. The van der Waals surface area contributed by atoms with Crippen LogP contribution in [0.1, 0.15) is 13.3 Å². The predicted octanol–water partition coefficient (Wildman–Crippen LogP) is 7.63. The van der Waals surface area contributed by atoms with E-state index in [0.717, 1.165) is 55.3 Å². The highest BCUT2D eigenvalue weighted by molar-refractivity contribution is 9.10. The van der Waals surface area contributed by atoms with Crippen LogP contribution in [0.3, 0.4) is 0 Å². The third-order valence-corrected chi connectivity index (χ3v) is 6.33. The molecule has 31 heavy (non-hydrogen) atoms. The lowest BCUT2D eigenvalue weighted by Gasteiger charge is -2.10. The fourth-order valence-electron chi connectivity index (χ4n) is 3.14. The van der Waals surface area contributed by atoms with Gasteiger partial charge < -0.3 is 19.3 Å². The molecule has 0 bridgehead atoms. The fraction of sp³-hybridized carbons (Fsp3) is 0.200. The van der Waals surface area contributed by atoms with Crippen LogP contribution in [-0.2, 0) is 4.74 Å². The van der Waals surface area contributed by atoms with E-state index in [0.29, 0.717) is 13.2 Å². The van der Waals surface area contributed by atoms with Gasteiger partial charge in [0.25, 0.3) is 0 Å². The van der Waals surface area contributed by atoms with Gasteiger partial charge in [0, 0.05) is 21.2 Å². The molecule has 4 aromatic rings. The first-order valence-electron chi connectivity index (χ1n) is 10.1. The molecule has 1 heterocycles. The molecule has 3 aromatic carbocycles. The molecule has 0 fully saturated rings. The van der Waals surface area contributed by atoms with Crippen molar-refractivity contribution in [2.75, 3.05) is 19.8 Å². The standard InChI is InChI=1S/C25H23BrO4S/c1-2-13-28-14-15-29-20-8-10-21(11-9-20)30-24-22-12-7-19(27)16-23(22)31-25(24)17-3-5-18(26)6-4-17/h3-12,16,27H,2,13-15H2,1H3. The third kappa shape index (κ3) is 5.39. The average Bonchev–Trinajstić information content (AvgIpc) is 3.12. The number of halogens is 1. The van der Waals surface area contributed by atoms with E-state index in [2.05, 4.69) is 35.0 Å². The summed E-state index contributed by atoms with van der Waals surface area (Å²) in [4.78, 5) is 1.02. The van der Waals surface area contributed by atoms with Crippen LogP contribution in [-0.4, -0.2) is 24.9 Å². The molecule has 0 saturated carbocycles. The van der Waals surface area contributed by atoms with Crippen molar-refractivity contribution >= 4 is 37.4 Å². The molecule has 0 spiro atoms. The summed E-state index contributed by atoms with van der Waals surface area (Å²) >= 11 is 5.09.